The van der Waals surface area contributed by atoms with E-state index in [-0.39, 0.29) is 11.3 Å². The lowest BCUT2D eigenvalue weighted by molar-refractivity contribution is 0.242. The second-order valence-electron chi connectivity index (χ2n) is 2.02. The van der Waals surface area contributed by atoms with Crippen LogP contribution in [0.5, 0.6) is 0 Å². The highest BCUT2D eigenvalue weighted by Crippen LogP contribution is 2.18. The van der Waals surface area contributed by atoms with E-state index in [1.807, 2.05) is 0 Å². The van der Waals surface area contributed by atoms with Gasteiger partial charge in [-0.25, -0.2) is 16.8 Å². The molecule has 0 aromatic carbocycles. The minimum absolute atomic E-state index is 0.153. The molecule has 0 spiro atoms. The van der Waals surface area contributed by atoms with Gasteiger partial charge in [-0.3, -0.25) is 0 Å². The number of rotatable bonds is 4. The summed E-state index contributed by atoms with van der Waals surface area (Å²) in [5, 5.41) is 22.4. The minimum atomic E-state index is -4.27. The predicted molar refractivity (Wildman–Crippen MR) is 44.1 cm³/mol. The van der Waals surface area contributed by atoms with Gasteiger partial charge >= 0.3 is 0 Å². The van der Waals surface area contributed by atoms with E-state index in [9.17, 15) is 16.8 Å². The first kappa shape index (κ1) is 12.4. The highest BCUT2D eigenvalue weighted by molar-refractivity contribution is 7.93. The van der Waals surface area contributed by atoms with Crippen molar-refractivity contribution in [1.29, 1.82) is 0 Å². The van der Waals surface area contributed by atoms with E-state index in [1.165, 1.54) is 0 Å². The van der Waals surface area contributed by atoms with Gasteiger partial charge in [0.05, 0.1) is 0 Å². The Morgan fingerprint density at radius 3 is 1.53 bits per heavy atom. The topological polar surface area (TPSA) is 159 Å². The standard InChI is InChI=1S/C2H4N4O6S3/c7-5-14(9,10)1-3-4-2(13-1)15(11,12)6-8/h5-8H. The SMILES string of the molecule is O=S(=O)(NO)c1nnc(S(=O)(=O)NO)s1. The highest BCUT2D eigenvalue weighted by Gasteiger charge is 2.25. The van der Waals surface area contributed by atoms with Gasteiger partial charge in [0.25, 0.3) is 28.7 Å². The number of aromatic nitrogens is 2. The molecule has 1 aromatic heterocycles. The van der Waals surface area contributed by atoms with Crippen LogP contribution in [0.4, 0.5) is 0 Å². The van der Waals surface area contributed by atoms with E-state index in [1.54, 1.807) is 0 Å². The van der Waals surface area contributed by atoms with E-state index >= 15 is 0 Å². The lowest BCUT2D eigenvalue weighted by Crippen LogP contribution is -2.19. The van der Waals surface area contributed by atoms with E-state index in [0.29, 0.717) is 0 Å². The molecule has 10 nitrogen and oxygen atoms in total. The fourth-order valence-corrected chi connectivity index (χ4v) is 2.99. The third-order valence-electron chi connectivity index (χ3n) is 1.09. The average molecular weight is 276 g/mol. The van der Waals surface area contributed by atoms with Crippen LogP contribution in [0.15, 0.2) is 8.68 Å². The molecule has 15 heavy (non-hydrogen) atoms. The molecule has 13 heteroatoms. The Labute approximate surface area is 87.6 Å². The van der Waals surface area contributed by atoms with Gasteiger partial charge in [-0.2, -0.15) is 0 Å². The van der Waals surface area contributed by atoms with Crippen LogP contribution in [0.3, 0.4) is 0 Å². The van der Waals surface area contributed by atoms with Gasteiger partial charge in [0.1, 0.15) is 0 Å². The predicted octanol–water partition coefficient (Wildman–Crippen LogP) is -2.13. The average Bonchev–Trinajstić information content (AvgIpc) is 2.67. The summed E-state index contributed by atoms with van der Waals surface area (Å²) in [5.41, 5.74) is 0. The summed E-state index contributed by atoms with van der Waals surface area (Å²) >= 11 is 0.153. The van der Waals surface area contributed by atoms with Crippen LogP contribution in [0, 0.1) is 0 Å². The van der Waals surface area contributed by atoms with Gasteiger partial charge < -0.3 is 10.4 Å². The molecule has 0 bridgehead atoms. The Hall–Kier alpha value is -0.700. The fraction of sp³-hybridized carbons (Fsp3) is 0. The van der Waals surface area contributed by atoms with Gasteiger partial charge in [0.2, 0.25) is 0 Å². The van der Waals surface area contributed by atoms with Crippen LogP contribution in [0.1, 0.15) is 0 Å². The minimum Gasteiger partial charge on any atom is -0.302 e. The van der Waals surface area contributed by atoms with Crippen molar-refractivity contribution in [3.63, 3.8) is 0 Å². The molecule has 0 fully saturated rings. The van der Waals surface area contributed by atoms with Crippen LogP contribution < -0.4 is 9.77 Å². The largest absolute Gasteiger partial charge is 0.302 e. The van der Waals surface area contributed by atoms with Crippen molar-refractivity contribution in [2.45, 2.75) is 8.68 Å². The molecule has 0 radical (unpaired) electrons. The van der Waals surface area contributed by atoms with Crippen molar-refractivity contribution in [2.24, 2.45) is 0 Å². The van der Waals surface area contributed by atoms with Crippen LogP contribution in [-0.2, 0) is 20.0 Å². The number of hydrogen-bond acceptors (Lipinski definition) is 9. The molecule has 0 amide bonds. The van der Waals surface area contributed by atoms with Crippen LogP contribution in [-0.4, -0.2) is 37.4 Å². The van der Waals surface area contributed by atoms with Crippen molar-refractivity contribution in [1.82, 2.24) is 20.0 Å². The van der Waals surface area contributed by atoms with Crippen molar-refractivity contribution < 1.29 is 27.3 Å². The van der Waals surface area contributed by atoms with Crippen LogP contribution in [0.2, 0.25) is 0 Å². The molecule has 0 saturated carbocycles. The van der Waals surface area contributed by atoms with E-state index in [2.05, 4.69) is 10.2 Å². The molecule has 1 heterocycles. The maximum Gasteiger partial charge on any atom is 0.291 e. The Morgan fingerprint density at radius 1 is 0.933 bits per heavy atom. The van der Waals surface area contributed by atoms with Gasteiger partial charge in [-0.1, -0.05) is 21.1 Å². The van der Waals surface area contributed by atoms with Gasteiger partial charge in [0, 0.05) is 0 Å². The van der Waals surface area contributed by atoms with Crippen LogP contribution in [0.25, 0.3) is 0 Å². The molecular weight excluding hydrogens is 272 g/mol. The second kappa shape index (κ2) is 4.05. The van der Waals surface area contributed by atoms with E-state index in [4.69, 9.17) is 10.4 Å². The number of nitrogens with zero attached hydrogens (tertiary/aromatic N) is 2. The fourth-order valence-electron chi connectivity index (χ4n) is 0.492. The maximum absolute atomic E-state index is 10.9. The smallest absolute Gasteiger partial charge is 0.291 e. The molecular formula is C2H4N4O6S3. The van der Waals surface area contributed by atoms with Crippen molar-refractivity contribution in [2.75, 3.05) is 0 Å². The summed E-state index contributed by atoms with van der Waals surface area (Å²) in [4.78, 5) is 1.89. The third kappa shape index (κ3) is 2.46. The molecule has 0 aliphatic heterocycles. The summed E-state index contributed by atoms with van der Waals surface area (Å²) in [6.45, 7) is 0. The van der Waals surface area contributed by atoms with Gasteiger partial charge in [-0.15, -0.1) is 10.2 Å². The molecule has 0 aliphatic rings. The molecule has 86 valence electrons. The van der Waals surface area contributed by atoms with Crippen molar-refractivity contribution in [3.05, 3.63) is 0 Å². The number of hydrogen-bond donors (Lipinski definition) is 4. The Bertz CT molecular complexity index is 494. The molecule has 0 atom stereocenters. The van der Waals surface area contributed by atoms with Crippen molar-refractivity contribution in [3.8, 4) is 0 Å². The highest BCUT2D eigenvalue weighted by atomic mass is 32.3. The molecule has 0 saturated heterocycles. The first-order chi connectivity index (χ1) is 6.83. The zero-order valence-electron chi connectivity index (χ0n) is 6.65. The lowest BCUT2D eigenvalue weighted by Gasteiger charge is -1.93. The van der Waals surface area contributed by atoms with Gasteiger partial charge in [-0.05, 0) is 0 Å². The molecule has 1 rings (SSSR count). The zero-order valence-corrected chi connectivity index (χ0v) is 9.10. The number of nitrogens with one attached hydrogen (secondary N) is 2. The summed E-state index contributed by atoms with van der Waals surface area (Å²) in [6.07, 6.45) is 0. The quantitative estimate of drug-likeness (QED) is 0.454. The normalized spacial score (nSPS) is 12.9. The third-order valence-corrected chi connectivity index (χ3v) is 4.98. The zero-order chi connectivity index (χ0) is 11.7. The molecule has 0 unspecified atom stereocenters. The molecule has 1 aromatic rings. The Kier molecular flexibility index (Phi) is 3.34. The Balaban J connectivity index is 3.23. The van der Waals surface area contributed by atoms with Gasteiger partial charge in [0.15, 0.2) is 0 Å². The first-order valence-electron chi connectivity index (χ1n) is 2.99. The summed E-state index contributed by atoms with van der Waals surface area (Å²) in [7, 11) is -8.54. The lowest BCUT2D eigenvalue weighted by atomic mass is 11.6. The van der Waals surface area contributed by atoms with E-state index in [0.717, 1.165) is 9.77 Å². The first-order valence-corrected chi connectivity index (χ1v) is 6.77. The second-order valence-corrected chi connectivity index (χ2v) is 6.67. The van der Waals surface area contributed by atoms with Crippen LogP contribution >= 0.6 is 11.3 Å². The molecule has 4 N–H and O–H groups in total. The van der Waals surface area contributed by atoms with E-state index < -0.39 is 28.7 Å². The molecule has 0 aliphatic carbocycles. The summed E-state index contributed by atoms with van der Waals surface area (Å²) in [5.74, 6) is 0. The van der Waals surface area contributed by atoms with Crippen molar-refractivity contribution >= 4 is 31.4 Å². The summed E-state index contributed by atoms with van der Waals surface area (Å²) < 4.78 is 42.1. The monoisotopic (exact) mass is 276 g/mol. The maximum atomic E-state index is 10.9. The summed E-state index contributed by atoms with van der Waals surface area (Å²) in [6, 6.07) is 0. The number of sulfonamides is 2. The Morgan fingerprint density at radius 2 is 1.27 bits per heavy atom.